The van der Waals surface area contributed by atoms with E-state index in [2.05, 4.69) is 32.0 Å². The Bertz CT molecular complexity index is 490. The van der Waals surface area contributed by atoms with Crippen molar-refractivity contribution in [2.45, 2.75) is 51.9 Å². The summed E-state index contributed by atoms with van der Waals surface area (Å²) < 4.78 is 0. The number of benzene rings is 1. The van der Waals surface area contributed by atoms with E-state index in [9.17, 15) is 9.59 Å². The highest BCUT2D eigenvalue weighted by atomic mass is 16.1. The molecule has 0 heterocycles. The summed E-state index contributed by atoms with van der Waals surface area (Å²) in [5.41, 5.74) is 3.07. The zero-order valence-electron chi connectivity index (χ0n) is 11.4. The summed E-state index contributed by atoms with van der Waals surface area (Å²) in [5, 5.41) is 0. The molecular formula is C16H20O2. The highest BCUT2D eigenvalue weighted by Crippen LogP contribution is 2.40. The van der Waals surface area contributed by atoms with E-state index in [0.29, 0.717) is 25.7 Å². The molecule has 96 valence electrons. The lowest BCUT2D eigenvalue weighted by molar-refractivity contribution is -0.127. The number of hydrogen-bond acceptors (Lipinski definition) is 2. The van der Waals surface area contributed by atoms with Crippen molar-refractivity contribution in [1.29, 1.82) is 0 Å². The Morgan fingerprint density at radius 1 is 1.17 bits per heavy atom. The maximum absolute atomic E-state index is 12.2. The first-order chi connectivity index (χ1) is 8.45. The Balaban J connectivity index is 2.48. The lowest BCUT2D eigenvalue weighted by Crippen LogP contribution is -2.39. The molecule has 2 nitrogen and oxygen atoms in total. The van der Waals surface area contributed by atoms with Crippen molar-refractivity contribution in [3.05, 3.63) is 34.9 Å². The summed E-state index contributed by atoms with van der Waals surface area (Å²) >= 11 is 0. The lowest BCUT2D eigenvalue weighted by Gasteiger charge is -2.36. The molecule has 2 rings (SSSR count). The molecule has 1 aliphatic rings. The molecule has 1 aromatic rings. The molecule has 1 saturated carbocycles. The number of aryl methyl sites for hydroxylation is 2. The van der Waals surface area contributed by atoms with Crippen LogP contribution in [0.15, 0.2) is 18.2 Å². The van der Waals surface area contributed by atoms with Gasteiger partial charge in [-0.05, 0) is 44.7 Å². The van der Waals surface area contributed by atoms with Crippen LogP contribution in [0.5, 0.6) is 0 Å². The minimum Gasteiger partial charge on any atom is -0.300 e. The third-order valence-corrected chi connectivity index (χ3v) is 4.23. The number of hydrogen-bond donors (Lipinski definition) is 0. The number of Topliss-reactive ketones (excluding diaryl/α,β-unsaturated/α-hetero) is 2. The minimum absolute atomic E-state index is 0.196. The van der Waals surface area contributed by atoms with Gasteiger partial charge in [0.05, 0.1) is 5.41 Å². The normalized spacial score (nSPS) is 18.7. The predicted molar refractivity (Wildman–Crippen MR) is 71.8 cm³/mol. The monoisotopic (exact) mass is 244 g/mol. The van der Waals surface area contributed by atoms with Gasteiger partial charge in [0.25, 0.3) is 0 Å². The van der Waals surface area contributed by atoms with E-state index < -0.39 is 5.41 Å². The van der Waals surface area contributed by atoms with Crippen molar-refractivity contribution in [1.82, 2.24) is 0 Å². The molecule has 1 aromatic carbocycles. The summed E-state index contributed by atoms with van der Waals surface area (Å²) in [6.07, 6.45) is 2.41. The fourth-order valence-corrected chi connectivity index (χ4v) is 3.12. The second-order valence-corrected chi connectivity index (χ2v) is 5.50. The molecule has 18 heavy (non-hydrogen) atoms. The fourth-order valence-electron chi connectivity index (χ4n) is 3.12. The molecule has 2 heteroatoms. The Morgan fingerprint density at radius 2 is 1.78 bits per heavy atom. The van der Waals surface area contributed by atoms with Gasteiger partial charge in [0.1, 0.15) is 11.6 Å². The zero-order valence-corrected chi connectivity index (χ0v) is 11.4. The van der Waals surface area contributed by atoms with Crippen molar-refractivity contribution in [3.8, 4) is 0 Å². The smallest absolute Gasteiger partial charge is 0.140 e. The van der Waals surface area contributed by atoms with Gasteiger partial charge < -0.3 is 0 Å². The quantitative estimate of drug-likeness (QED) is 0.800. The van der Waals surface area contributed by atoms with Crippen molar-refractivity contribution < 1.29 is 9.59 Å². The van der Waals surface area contributed by atoms with Gasteiger partial charge in [-0.25, -0.2) is 0 Å². The molecule has 0 bridgehead atoms. The summed E-state index contributed by atoms with van der Waals surface area (Å²) in [6.45, 7) is 5.78. The SMILES string of the molecule is CC(=O)C1(c2ccc(C)cc2C)CCC(=O)CC1. The van der Waals surface area contributed by atoms with Crippen LogP contribution in [-0.2, 0) is 15.0 Å². The van der Waals surface area contributed by atoms with Crippen LogP contribution < -0.4 is 0 Å². The standard InChI is InChI=1S/C16H20O2/c1-11-4-5-15(12(2)10-11)16(13(3)17)8-6-14(18)7-9-16/h4-5,10H,6-9H2,1-3H3. The molecule has 0 aliphatic heterocycles. The first-order valence-corrected chi connectivity index (χ1v) is 6.56. The van der Waals surface area contributed by atoms with Gasteiger partial charge in [0.15, 0.2) is 0 Å². The topological polar surface area (TPSA) is 34.1 Å². The summed E-state index contributed by atoms with van der Waals surface area (Å²) in [7, 11) is 0. The molecular weight excluding hydrogens is 224 g/mol. The van der Waals surface area contributed by atoms with Crippen LogP contribution in [0.1, 0.15) is 49.3 Å². The maximum atomic E-state index is 12.2. The fraction of sp³-hybridized carbons (Fsp3) is 0.500. The van der Waals surface area contributed by atoms with E-state index in [1.165, 1.54) is 11.1 Å². The Morgan fingerprint density at radius 3 is 2.28 bits per heavy atom. The van der Waals surface area contributed by atoms with Gasteiger partial charge in [0, 0.05) is 12.8 Å². The van der Waals surface area contributed by atoms with Crippen LogP contribution in [0.3, 0.4) is 0 Å². The highest BCUT2D eigenvalue weighted by Gasteiger charge is 2.41. The van der Waals surface area contributed by atoms with E-state index in [4.69, 9.17) is 0 Å². The van der Waals surface area contributed by atoms with Crippen LogP contribution >= 0.6 is 0 Å². The second-order valence-electron chi connectivity index (χ2n) is 5.50. The molecule has 0 unspecified atom stereocenters. The van der Waals surface area contributed by atoms with E-state index in [-0.39, 0.29) is 11.6 Å². The van der Waals surface area contributed by atoms with Crippen LogP contribution in [0.2, 0.25) is 0 Å². The zero-order chi connectivity index (χ0) is 13.3. The van der Waals surface area contributed by atoms with Gasteiger partial charge in [-0.2, -0.15) is 0 Å². The van der Waals surface area contributed by atoms with Gasteiger partial charge in [-0.3, -0.25) is 9.59 Å². The highest BCUT2D eigenvalue weighted by molar-refractivity contribution is 5.92. The molecule has 0 atom stereocenters. The van der Waals surface area contributed by atoms with Crippen molar-refractivity contribution in [2.24, 2.45) is 0 Å². The van der Waals surface area contributed by atoms with E-state index in [0.717, 1.165) is 5.56 Å². The third-order valence-electron chi connectivity index (χ3n) is 4.23. The summed E-state index contributed by atoms with van der Waals surface area (Å²) in [5.74, 6) is 0.485. The predicted octanol–water partition coefficient (Wildman–Crippen LogP) is 3.27. The Kier molecular flexibility index (Phi) is 3.38. The van der Waals surface area contributed by atoms with Crippen molar-refractivity contribution >= 4 is 11.6 Å². The number of carbonyl (C=O) groups is 2. The molecule has 1 aliphatic carbocycles. The van der Waals surface area contributed by atoms with Gasteiger partial charge in [-0.15, -0.1) is 0 Å². The molecule has 0 amide bonds. The van der Waals surface area contributed by atoms with Gasteiger partial charge in [0.2, 0.25) is 0 Å². The molecule has 0 radical (unpaired) electrons. The average Bonchev–Trinajstić information content (AvgIpc) is 2.30. The van der Waals surface area contributed by atoms with E-state index in [1.807, 2.05) is 0 Å². The number of ketones is 2. The van der Waals surface area contributed by atoms with Gasteiger partial charge in [-0.1, -0.05) is 23.8 Å². The molecule has 0 N–H and O–H groups in total. The van der Waals surface area contributed by atoms with Crippen LogP contribution in [0, 0.1) is 13.8 Å². The number of carbonyl (C=O) groups excluding carboxylic acids is 2. The molecule has 0 aromatic heterocycles. The Labute approximate surface area is 108 Å². The molecule has 0 saturated heterocycles. The minimum atomic E-state index is -0.425. The van der Waals surface area contributed by atoms with E-state index in [1.54, 1.807) is 6.92 Å². The van der Waals surface area contributed by atoms with Crippen LogP contribution in [-0.4, -0.2) is 11.6 Å². The first kappa shape index (κ1) is 13.0. The van der Waals surface area contributed by atoms with Gasteiger partial charge >= 0.3 is 0 Å². The number of rotatable bonds is 2. The van der Waals surface area contributed by atoms with Crippen LogP contribution in [0.25, 0.3) is 0 Å². The van der Waals surface area contributed by atoms with Crippen molar-refractivity contribution in [2.75, 3.05) is 0 Å². The summed E-state index contributed by atoms with van der Waals surface area (Å²) in [6, 6.07) is 6.25. The summed E-state index contributed by atoms with van der Waals surface area (Å²) in [4.78, 5) is 23.6. The van der Waals surface area contributed by atoms with E-state index >= 15 is 0 Å². The lowest BCUT2D eigenvalue weighted by atomic mass is 9.65. The Hall–Kier alpha value is -1.44. The average molecular weight is 244 g/mol. The third kappa shape index (κ3) is 2.12. The second kappa shape index (κ2) is 4.68. The maximum Gasteiger partial charge on any atom is 0.140 e. The van der Waals surface area contributed by atoms with Crippen LogP contribution in [0.4, 0.5) is 0 Å². The van der Waals surface area contributed by atoms with Crippen molar-refractivity contribution in [3.63, 3.8) is 0 Å². The molecule has 1 fully saturated rings. The first-order valence-electron chi connectivity index (χ1n) is 6.56. The molecule has 0 spiro atoms. The largest absolute Gasteiger partial charge is 0.300 e.